The van der Waals surface area contributed by atoms with Crippen LogP contribution in [0.1, 0.15) is 142 Å². The maximum atomic E-state index is 12.6. The van der Waals surface area contributed by atoms with Gasteiger partial charge >= 0.3 is 19.8 Å². The van der Waals surface area contributed by atoms with Crippen molar-refractivity contribution < 1.29 is 42.1 Å². The number of phosphoric ester groups is 1. The van der Waals surface area contributed by atoms with Gasteiger partial charge in [-0.05, 0) is 32.1 Å². The van der Waals surface area contributed by atoms with E-state index in [0.29, 0.717) is 17.4 Å². The molecule has 0 radical (unpaired) electrons. The molecular weight excluding hydrogens is 653 g/mol. The van der Waals surface area contributed by atoms with Crippen LogP contribution in [0.15, 0.2) is 48.6 Å². The minimum absolute atomic E-state index is 0.0256. The Labute approximate surface area is 305 Å². The van der Waals surface area contributed by atoms with Gasteiger partial charge in [0, 0.05) is 12.8 Å². The van der Waals surface area contributed by atoms with Crippen LogP contribution < -0.4 is 0 Å². The SMILES string of the molecule is CC/C=C/C=C/C=C/C=C/CCCCCCCC(=O)O[C@H](COC(=O)CCCCCCCCCCCCC)COP(=O)(O)OCC[N+](C)(C)C. The average molecular weight is 727 g/mol. The average Bonchev–Trinajstić information content (AvgIpc) is 3.06. The molecule has 0 fully saturated rings. The Morgan fingerprint density at radius 2 is 1.14 bits per heavy atom. The summed E-state index contributed by atoms with van der Waals surface area (Å²) in [4.78, 5) is 35.2. The van der Waals surface area contributed by atoms with E-state index >= 15 is 0 Å². The molecule has 0 aliphatic carbocycles. The molecule has 0 aromatic heterocycles. The van der Waals surface area contributed by atoms with Crippen LogP contribution in [0, 0.1) is 0 Å². The van der Waals surface area contributed by atoms with Crippen molar-refractivity contribution in [3.05, 3.63) is 48.6 Å². The van der Waals surface area contributed by atoms with Crippen molar-refractivity contribution in [2.75, 3.05) is 47.5 Å². The fraction of sp³-hybridized carbons (Fsp3) is 0.750. The smallest absolute Gasteiger partial charge is 0.462 e. The number of nitrogens with zero attached hydrogens (tertiary/aromatic N) is 1. The molecule has 1 N–H and O–H groups in total. The number of likely N-dealkylation sites (N-methyl/N-ethyl adjacent to an activating group) is 1. The van der Waals surface area contributed by atoms with Gasteiger partial charge in [-0.3, -0.25) is 18.6 Å². The molecule has 0 bridgehead atoms. The molecule has 0 heterocycles. The third kappa shape index (κ3) is 35.8. The van der Waals surface area contributed by atoms with Crippen LogP contribution in [0.5, 0.6) is 0 Å². The maximum Gasteiger partial charge on any atom is 0.472 e. The normalized spacial score (nSPS) is 14.3. The number of carbonyl (C=O) groups excluding carboxylic acids is 2. The molecule has 0 aliphatic rings. The Kier molecular flexibility index (Phi) is 31.5. The van der Waals surface area contributed by atoms with Crippen LogP contribution in [0.3, 0.4) is 0 Å². The summed E-state index contributed by atoms with van der Waals surface area (Å²) in [7, 11) is 1.45. The van der Waals surface area contributed by atoms with Gasteiger partial charge in [-0.15, -0.1) is 0 Å². The van der Waals surface area contributed by atoms with Crippen molar-refractivity contribution in [2.45, 2.75) is 148 Å². The molecule has 0 saturated heterocycles. The standard InChI is InChI=1S/C40H72NO8P/c1-6-8-10-12-14-16-18-19-20-21-23-25-27-29-31-33-40(43)49-38(37-48-50(44,45)47-35-34-41(3,4)5)36-46-39(42)32-30-28-26-24-22-17-15-13-11-9-7-2/h8,10,12,14,16,18-20,38H,6-7,9,11,13,15,17,21-37H2,1-5H3/p+1/b10-8+,14-12+,18-16+,20-19+/t38-/m1/s1. The highest BCUT2D eigenvalue weighted by atomic mass is 31.2. The maximum absolute atomic E-state index is 12.6. The van der Waals surface area contributed by atoms with Gasteiger partial charge in [-0.1, -0.05) is 146 Å². The largest absolute Gasteiger partial charge is 0.472 e. The van der Waals surface area contributed by atoms with Crippen molar-refractivity contribution in [3.8, 4) is 0 Å². The van der Waals surface area contributed by atoms with E-state index in [1.54, 1.807) is 0 Å². The minimum Gasteiger partial charge on any atom is -0.462 e. The highest BCUT2D eigenvalue weighted by molar-refractivity contribution is 7.47. The van der Waals surface area contributed by atoms with Gasteiger partial charge in [-0.25, -0.2) is 4.57 Å². The van der Waals surface area contributed by atoms with Gasteiger partial charge < -0.3 is 18.9 Å². The monoisotopic (exact) mass is 727 g/mol. The number of phosphoric acid groups is 1. The van der Waals surface area contributed by atoms with Crippen molar-refractivity contribution >= 4 is 19.8 Å². The lowest BCUT2D eigenvalue weighted by atomic mass is 10.1. The Balaban J connectivity index is 4.49. The zero-order valence-corrected chi connectivity index (χ0v) is 33.3. The van der Waals surface area contributed by atoms with E-state index in [4.69, 9.17) is 18.5 Å². The highest BCUT2D eigenvalue weighted by Crippen LogP contribution is 2.43. The molecule has 0 rings (SSSR count). The fourth-order valence-electron chi connectivity index (χ4n) is 4.91. The first-order chi connectivity index (χ1) is 24.0. The molecule has 290 valence electrons. The lowest BCUT2D eigenvalue weighted by Gasteiger charge is -2.24. The second kappa shape index (κ2) is 32.8. The van der Waals surface area contributed by atoms with Gasteiger partial charge in [0.2, 0.25) is 0 Å². The zero-order chi connectivity index (χ0) is 37.2. The molecule has 0 spiro atoms. The van der Waals surface area contributed by atoms with Crippen LogP contribution in [-0.2, 0) is 32.7 Å². The highest BCUT2D eigenvalue weighted by Gasteiger charge is 2.27. The number of rotatable bonds is 34. The number of unbranched alkanes of at least 4 members (excludes halogenated alkanes) is 15. The summed E-state index contributed by atoms with van der Waals surface area (Å²) in [6.45, 7) is 4.22. The Morgan fingerprint density at radius 3 is 1.70 bits per heavy atom. The van der Waals surface area contributed by atoms with E-state index in [9.17, 15) is 19.0 Å². The second-order valence-corrected chi connectivity index (χ2v) is 15.5. The molecule has 9 nitrogen and oxygen atoms in total. The van der Waals surface area contributed by atoms with Crippen LogP contribution in [-0.4, -0.2) is 74.9 Å². The summed E-state index contributed by atoms with van der Waals surface area (Å²) >= 11 is 0. The molecule has 0 aromatic rings. The lowest BCUT2D eigenvalue weighted by molar-refractivity contribution is -0.870. The van der Waals surface area contributed by atoms with Gasteiger partial charge in [-0.2, -0.15) is 0 Å². The number of allylic oxidation sites excluding steroid dienone is 8. The van der Waals surface area contributed by atoms with Gasteiger partial charge in [0.05, 0.1) is 27.7 Å². The number of hydrogen-bond donors (Lipinski definition) is 1. The summed E-state index contributed by atoms with van der Waals surface area (Å²) in [6, 6.07) is 0. The number of quaternary nitrogens is 1. The molecule has 10 heteroatoms. The summed E-state index contributed by atoms with van der Waals surface area (Å²) in [5.41, 5.74) is 0. The van der Waals surface area contributed by atoms with Crippen molar-refractivity contribution in [1.29, 1.82) is 0 Å². The third-order valence-corrected chi connectivity index (χ3v) is 8.95. The van der Waals surface area contributed by atoms with Crippen molar-refractivity contribution in [3.63, 3.8) is 0 Å². The van der Waals surface area contributed by atoms with Crippen LogP contribution in [0.4, 0.5) is 0 Å². The molecule has 0 amide bonds. The quantitative estimate of drug-likeness (QED) is 0.0230. The molecule has 0 saturated carbocycles. The van der Waals surface area contributed by atoms with E-state index in [2.05, 4.69) is 32.1 Å². The van der Waals surface area contributed by atoms with E-state index in [1.165, 1.54) is 51.4 Å². The van der Waals surface area contributed by atoms with Crippen molar-refractivity contribution in [1.82, 2.24) is 0 Å². The Morgan fingerprint density at radius 1 is 0.640 bits per heavy atom. The summed E-state index contributed by atoms with van der Waals surface area (Å²) in [5, 5.41) is 0. The third-order valence-electron chi connectivity index (χ3n) is 7.97. The zero-order valence-electron chi connectivity index (χ0n) is 32.4. The molecule has 50 heavy (non-hydrogen) atoms. The topological polar surface area (TPSA) is 108 Å². The van der Waals surface area contributed by atoms with E-state index in [1.807, 2.05) is 51.5 Å². The Bertz CT molecular complexity index is 1000. The first-order valence-corrected chi connectivity index (χ1v) is 20.9. The first-order valence-electron chi connectivity index (χ1n) is 19.4. The molecule has 2 atom stereocenters. The molecule has 0 aliphatic heterocycles. The van der Waals surface area contributed by atoms with Crippen LogP contribution in [0.25, 0.3) is 0 Å². The van der Waals surface area contributed by atoms with E-state index in [-0.39, 0.29) is 32.0 Å². The number of carbonyl (C=O) groups is 2. The van der Waals surface area contributed by atoms with Crippen LogP contribution >= 0.6 is 7.82 Å². The molecule has 1 unspecified atom stereocenters. The minimum atomic E-state index is -4.37. The summed E-state index contributed by atoms with van der Waals surface area (Å²) < 4.78 is 34.1. The van der Waals surface area contributed by atoms with Gasteiger partial charge in [0.25, 0.3) is 0 Å². The summed E-state index contributed by atoms with van der Waals surface area (Å²) in [5.74, 6) is -0.830. The molecule has 0 aromatic carbocycles. The van der Waals surface area contributed by atoms with E-state index < -0.39 is 26.5 Å². The Hall–Kier alpha value is -2.03. The second-order valence-electron chi connectivity index (χ2n) is 14.0. The molecular formula is C40H73NO8P+. The predicted molar refractivity (Wildman–Crippen MR) is 206 cm³/mol. The van der Waals surface area contributed by atoms with Gasteiger partial charge in [0.1, 0.15) is 19.8 Å². The fourth-order valence-corrected chi connectivity index (χ4v) is 5.65. The van der Waals surface area contributed by atoms with Gasteiger partial charge in [0.15, 0.2) is 6.10 Å². The number of esters is 2. The first kappa shape index (κ1) is 48.0. The summed E-state index contributed by atoms with van der Waals surface area (Å²) in [6.07, 6.45) is 35.8. The lowest BCUT2D eigenvalue weighted by Crippen LogP contribution is -2.37. The van der Waals surface area contributed by atoms with E-state index in [0.717, 1.165) is 57.8 Å². The number of hydrogen-bond acceptors (Lipinski definition) is 7. The predicted octanol–water partition coefficient (Wildman–Crippen LogP) is 10.3. The van der Waals surface area contributed by atoms with Crippen LogP contribution in [0.2, 0.25) is 0 Å². The van der Waals surface area contributed by atoms with Crippen molar-refractivity contribution in [2.24, 2.45) is 0 Å². The number of ether oxygens (including phenoxy) is 2.